The number of nitrogens with one attached hydrogen (secondary N) is 1. The molecule has 1 saturated carbocycles. The van der Waals surface area contributed by atoms with Crippen LogP contribution in [0.5, 0.6) is 0 Å². The first-order chi connectivity index (χ1) is 9.39. The van der Waals surface area contributed by atoms with Gasteiger partial charge in [-0.25, -0.2) is 0 Å². The molecule has 126 valence electrons. The third kappa shape index (κ3) is 6.69. The van der Waals surface area contributed by atoms with E-state index in [0.717, 1.165) is 12.5 Å². The van der Waals surface area contributed by atoms with E-state index in [2.05, 4.69) is 36.2 Å². The van der Waals surface area contributed by atoms with E-state index in [-0.39, 0.29) is 35.6 Å². The molecule has 5 nitrogen and oxygen atoms in total. The van der Waals surface area contributed by atoms with E-state index in [1.165, 1.54) is 25.7 Å². The van der Waals surface area contributed by atoms with Crippen molar-refractivity contribution in [1.29, 1.82) is 0 Å². The number of rotatable bonds is 6. The number of nitrogens with zero attached hydrogens (tertiary/aromatic N) is 2. The highest BCUT2D eigenvalue weighted by molar-refractivity contribution is 14.0. The van der Waals surface area contributed by atoms with Gasteiger partial charge >= 0.3 is 0 Å². The topological polar surface area (TPSA) is 62.9 Å². The minimum absolute atomic E-state index is 0. The number of ether oxygens (including phenoxy) is 1. The van der Waals surface area contributed by atoms with Crippen molar-refractivity contribution in [1.82, 2.24) is 10.2 Å². The van der Waals surface area contributed by atoms with Crippen LogP contribution in [0.2, 0.25) is 0 Å². The van der Waals surface area contributed by atoms with E-state index in [1.54, 1.807) is 7.11 Å². The Kier molecular flexibility index (Phi) is 9.80. The highest BCUT2D eigenvalue weighted by Crippen LogP contribution is 2.35. The normalized spacial score (nSPS) is 28.1. The second kappa shape index (κ2) is 9.84. The van der Waals surface area contributed by atoms with Crippen molar-refractivity contribution in [2.24, 2.45) is 16.6 Å². The smallest absolute Gasteiger partial charge is 0.188 e. The Balaban J connectivity index is 0.00000400. The van der Waals surface area contributed by atoms with E-state index < -0.39 is 0 Å². The lowest BCUT2D eigenvalue weighted by Gasteiger charge is -2.44. The van der Waals surface area contributed by atoms with Gasteiger partial charge in [-0.1, -0.05) is 19.8 Å². The van der Waals surface area contributed by atoms with Crippen molar-refractivity contribution in [2.75, 3.05) is 34.4 Å². The Bertz CT molecular complexity index is 325. The number of nitrogens with two attached hydrogens (primary N) is 1. The third-order valence-electron chi connectivity index (χ3n) is 4.37. The van der Waals surface area contributed by atoms with Gasteiger partial charge in [0.15, 0.2) is 5.96 Å². The number of methoxy groups -OCH3 is 1. The predicted molar refractivity (Wildman–Crippen MR) is 100 cm³/mol. The molecule has 0 aromatic heterocycles. The molecule has 1 fully saturated rings. The molecule has 1 rings (SSSR count). The van der Waals surface area contributed by atoms with E-state index in [9.17, 15) is 0 Å². The molecule has 0 aliphatic heterocycles. The summed E-state index contributed by atoms with van der Waals surface area (Å²) >= 11 is 0. The van der Waals surface area contributed by atoms with Crippen molar-refractivity contribution in [3.8, 4) is 0 Å². The summed E-state index contributed by atoms with van der Waals surface area (Å²) in [6, 6.07) is 0.185. The van der Waals surface area contributed by atoms with E-state index in [0.29, 0.717) is 12.6 Å². The maximum Gasteiger partial charge on any atom is 0.188 e. The zero-order valence-electron chi connectivity index (χ0n) is 14.2. The summed E-state index contributed by atoms with van der Waals surface area (Å²) in [5.41, 5.74) is 6.14. The summed E-state index contributed by atoms with van der Waals surface area (Å²) in [5, 5.41) is 3.17. The Hall–Kier alpha value is -0.0800. The average molecular weight is 412 g/mol. The van der Waals surface area contributed by atoms with Gasteiger partial charge in [-0.15, -0.1) is 24.0 Å². The summed E-state index contributed by atoms with van der Waals surface area (Å²) in [4.78, 5) is 6.92. The predicted octanol–water partition coefficient (Wildman–Crippen LogP) is 2.05. The van der Waals surface area contributed by atoms with Crippen LogP contribution in [-0.4, -0.2) is 56.8 Å². The van der Waals surface area contributed by atoms with Gasteiger partial charge in [0.1, 0.15) is 0 Å². The zero-order chi connectivity index (χ0) is 15.2. The van der Waals surface area contributed by atoms with Gasteiger partial charge in [-0.3, -0.25) is 4.99 Å². The maximum atomic E-state index is 5.98. The van der Waals surface area contributed by atoms with E-state index >= 15 is 0 Å². The third-order valence-corrected chi connectivity index (χ3v) is 4.37. The number of aliphatic imine (C=N–C) groups is 1. The van der Waals surface area contributed by atoms with Gasteiger partial charge in [0.2, 0.25) is 0 Å². The highest BCUT2D eigenvalue weighted by atomic mass is 127. The van der Waals surface area contributed by atoms with Crippen molar-refractivity contribution in [2.45, 2.75) is 51.1 Å². The first-order valence-corrected chi connectivity index (χ1v) is 7.62. The van der Waals surface area contributed by atoms with Gasteiger partial charge in [0.05, 0.1) is 13.2 Å². The summed E-state index contributed by atoms with van der Waals surface area (Å²) in [5.74, 6) is 1.29. The molecule has 21 heavy (non-hydrogen) atoms. The number of hydrogen-bond donors (Lipinski definition) is 2. The molecule has 3 unspecified atom stereocenters. The fourth-order valence-electron chi connectivity index (χ4n) is 3.15. The van der Waals surface area contributed by atoms with Gasteiger partial charge in [0, 0.05) is 18.7 Å². The van der Waals surface area contributed by atoms with Crippen LogP contribution in [0.15, 0.2) is 4.99 Å². The fourth-order valence-corrected chi connectivity index (χ4v) is 3.15. The molecule has 3 atom stereocenters. The zero-order valence-corrected chi connectivity index (χ0v) is 16.5. The van der Waals surface area contributed by atoms with Crippen LogP contribution < -0.4 is 11.1 Å². The molecule has 0 aromatic carbocycles. The van der Waals surface area contributed by atoms with Crippen molar-refractivity contribution in [3.05, 3.63) is 0 Å². The average Bonchev–Trinajstić information content (AvgIpc) is 2.36. The molecule has 0 amide bonds. The van der Waals surface area contributed by atoms with Crippen LogP contribution in [0.1, 0.15) is 39.5 Å². The second-order valence-electron chi connectivity index (χ2n) is 6.52. The Morgan fingerprint density at radius 3 is 2.71 bits per heavy atom. The van der Waals surface area contributed by atoms with Gasteiger partial charge in [0.25, 0.3) is 0 Å². The standard InChI is InChI=1S/C15H32N4O.HI/c1-12-7-6-8-15(9-12,19(3)4)11-17-14(16)18-13(2)10-20-5;/h12-13H,6-11H2,1-5H3,(H3,16,17,18);1H. The summed E-state index contributed by atoms with van der Waals surface area (Å²) in [7, 11) is 6.01. The molecule has 1 aliphatic rings. The minimum atomic E-state index is 0. The lowest BCUT2D eigenvalue weighted by molar-refractivity contribution is 0.0845. The molecule has 0 bridgehead atoms. The maximum absolute atomic E-state index is 5.98. The minimum Gasteiger partial charge on any atom is -0.383 e. The quantitative estimate of drug-likeness (QED) is 0.398. The van der Waals surface area contributed by atoms with Crippen LogP contribution in [0.3, 0.4) is 0 Å². The molecule has 6 heteroatoms. The van der Waals surface area contributed by atoms with Gasteiger partial charge in [-0.05, 0) is 39.8 Å². The molecule has 0 heterocycles. The highest BCUT2D eigenvalue weighted by Gasteiger charge is 2.36. The summed E-state index contributed by atoms with van der Waals surface area (Å²) in [6.07, 6.45) is 5.01. The van der Waals surface area contributed by atoms with Crippen LogP contribution in [0, 0.1) is 5.92 Å². The molecule has 0 spiro atoms. The van der Waals surface area contributed by atoms with Crippen molar-refractivity contribution >= 4 is 29.9 Å². The fraction of sp³-hybridized carbons (Fsp3) is 0.933. The van der Waals surface area contributed by atoms with E-state index in [1.807, 2.05) is 6.92 Å². The van der Waals surface area contributed by atoms with Crippen LogP contribution in [0.25, 0.3) is 0 Å². The summed E-state index contributed by atoms with van der Waals surface area (Å²) in [6.45, 7) is 5.77. The Labute approximate surface area is 147 Å². The van der Waals surface area contributed by atoms with Crippen molar-refractivity contribution < 1.29 is 4.74 Å². The Morgan fingerprint density at radius 1 is 1.52 bits per heavy atom. The van der Waals surface area contributed by atoms with Crippen molar-refractivity contribution in [3.63, 3.8) is 0 Å². The van der Waals surface area contributed by atoms with E-state index in [4.69, 9.17) is 10.5 Å². The lowest BCUT2D eigenvalue weighted by atomic mass is 9.75. The lowest BCUT2D eigenvalue weighted by Crippen LogP contribution is -2.51. The molecule has 1 aliphatic carbocycles. The molecule has 3 N–H and O–H groups in total. The molecule has 0 radical (unpaired) electrons. The number of halogens is 1. The van der Waals surface area contributed by atoms with Gasteiger partial charge < -0.3 is 20.7 Å². The number of hydrogen-bond acceptors (Lipinski definition) is 3. The van der Waals surface area contributed by atoms with Crippen LogP contribution in [-0.2, 0) is 4.74 Å². The Morgan fingerprint density at radius 2 is 2.19 bits per heavy atom. The van der Waals surface area contributed by atoms with Gasteiger partial charge in [-0.2, -0.15) is 0 Å². The first-order valence-electron chi connectivity index (χ1n) is 7.62. The first kappa shape index (κ1) is 20.9. The molecule has 0 saturated heterocycles. The summed E-state index contributed by atoms with van der Waals surface area (Å²) < 4.78 is 5.09. The molecular weight excluding hydrogens is 379 g/mol. The largest absolute Gasteiger partial charge is 0.383 e. The van der Waals surface area contributed by atoms with Crippen LogP contribution in [0.4, 0.5) is 0 Å². The monoisotopic (exact) mass is 412 g/mol. The number of guanidine groups is 1. The van der Waals surface area contributed by atoms with Crippen LogP contribution >= 0.6 is 24.0 Å². The second-order valence-corrected chi connectivity index (χ2v) is 6.52. The SMILES string of the molecule is COCC(C)NC(N)=NCC1(N(C)C)CCCC(C)C1.I. The number of likely N-dealkylation sites (N-methyl/N-ethyl adjacent to an activating group) is 1. The molecule has 0 aromatic rings. The molecular formula is C15H33IN4O.